The molecule has 1 atom stereocenters. The molecule has 1 aliphatic heterocycles. The van der Waals surface area contributed by atoms with E-state index in [-0.39, 0.29) is 17.8 Å². The van der Waals surface area contributed by atoms with Crippen LogP contribution in [0, 0.1) is 19.8 Å². The Hall–Kier alpha value is -1.84. The first-order chi connectivity index (χ1) is 9.04. The largest absolute Gasteiger partial charge is 0.469 e. The molecule has 4 heteroatoms. The summed E-state index contributed by atoms with van der Waals surface area (Å²) in [4.78, 5) is 25.8. The third kappa shape index (κ3) is 2.62. The topological polar surface area (TPSA) is 46.6 Å². The average molecular weight is 261 g/mol. The number of rotatable bonds is 2. The molecule has 2 rings (SSSR count). The van der Waals surface area contributed by atoms with Crippen LogP contribution in [-0.2, 0) is 9.53 Å². The van der Waals surface area contributed by atoms with Crippen molar-refractivity contribution in [2.45, 2.75) is 20.3 Å². The molecule has 1 unspecified atom stereocenters. The molecule has 1 fully saturated rings. The van der Waals surface area contributed by atoms with E-state index in [1.807, 2.05) is 32.0 Å². The molecule has 0 aromatic heterocycles. The lowest BCUT2D eigenvalue weighted by Crippen LogP contribution is -2.31. The summed E-state index contributed by atoms with van der Waals surface area (Å²) in [5.74, 6) is -0.392. The summed E-state index contributed by atoms with van der Waals surface area (Å²) in [5.41, 5.74) is 2.71. The highest BCUT2D eigenvalue weighted by atomic mass is 16.5. The molecular formula is C15H19NO3. The van der Waals surface area contributed by atoms with Crippen molar-refractivity contribution in [3.63, 3.8) is 0 Å². The van der Waals surface area contributed by atoms with Gasteiger partial charge in [0.05, 0.1) is 13.0 Å². The van der Waals surface area contributed by atoms with Crippen molar-refractivity contribution in [2.24, 2.45) is 5.92 Å². The number of aryl methyl sites for hydroxylation is 2. The fourth-order valence-corrected chi connectivity index (χ4v) is 2.61. The standard InChI is InChI=1S/C15H19NO3/c1-10-5-4-6-11(2)13(10)14(17)16-8-7-12(9-16)15(18)19-3/h4-6,12H,7-9H2,1-3H3. The Morgan fingerprint density at radius 3 is 2.47 bits per heavy atom. The number of methoxy groups -OCH3 is 1. The number of esters is 1. The monoisotopic (exact) mass is 261 g/mol. The maximum Gasteiger partial charge on any atom is 0.310 e. The summed E-state index contributed by atoms with van der Waals surface area (Å²) < 4.78 is 4.74. The molecular weight excluding hydrogens is 242 g/mol. The average Bonchev–Trinajstić information content (AvgIpc) is 2.87. The third-order valence-electron chi connectivity index (χ3n) is 3.70. The van der Waals surface area contributed by atoms with Gasteiger partial charge in [0.25, 0.3) is 5.91 Å². The van der Waals surface area contributed by atoms with Crippen LogP contribution in [0.3, 0.4) is 0 Å². The van der Waals surface area contributed by atoms with Crippen molar-refractivity contribution in [1.82, 2.24) is 4.90 Å². The molecule has 0 spiro atoms. The van der Waals surface area contributed by atoms with Gasteiger partial charge in [-0.05, 0) is 31.4 Å². The number of carbonyl (C=O) groups excluding carboxylic acids is 2. The van der Waals surface area contributed by atoms with Gasteiger partial charge in [-0.3, -0.25) is 9.59 Å². The van der Waals surface area contributed by atoms with Gasteiger partial charge < -0.3 is 9.64 Å². The minimum Gasteiger partial charge on any atom is -0.469 e. The second-order valence-corrected chi connectivity index (χ2v) is 5.03. The molecule has 1 aromatic carbocycles. The van der Waals surface area contributed by atoms with Gasteiger partial charge in [-0.1, -0.05) is 18.2 Å². The van der Waals surface area contributed by atoms with Gasteiger partial charge in [0, 0.05) is 18.7 Å². The highest BCUT2D eigenvalue weighted by Crippen LogP contribution is 2.22. The summed E-state index contributed by atoms with van der Waals surface area (Å²) in [5, 5.41) is 0. The lowest BCUT2D eigenvalue weighted by molar-refractivity contribution is -0.144. The van der Waals surface area contributed by atoms with E-state index in [1.54, 1.807) is 4.90 Å². The Labute approximate surface area is 113 Å². The van der Waals surface area contributed by atoms with Crippen LogP contribution in [0.5, 0.6) is 0 Å². The SMILES string of the molecule is COC(=O)C1CCN(C(=O)c2c(C)cccc2C)C1. The Balaban J connectivity index is 2.16. The maximum absolute atomic E-state index is 12.5. The van der Waals surface area contributed by atoms with E-state index in [4.69, 9.17) is 4.74 Å². The zero-order chi connectivity index (χ0) is 14.0. The highest BCUT2D eigenvalue weighted by Gasteiger charge is 2.32. The summed E-state index contributed by atoms with van der Waals surface area (Å²) in [7, 11) is 1.39. The number of hydrogen-bond acceptors (Lipinski definition) is 3. The first-order valence-electron chi connectivity index (χ1n) is 6.48. The maximum atomic E-state index is 12.5. The zero-order valence-corrected chi connectivity index (χ0v) is 11.6. The molecule has 0 bridgehead atoms. The molecule has 1 heterocycles. The minimum atomic E-state index is -0.225. The summed E-state index contributed by atoms with van der Waals surface area (Å²) >= 11 is 0. The molecule has 1 aliphatic rings. The van der Waals surface area contributed by atoms with E-state index in [0.29, 0.717) is 19.5 Å². The van der Waals surface area contributed by atoms with Crippen molar-refractivity contribution < 1.29 is 14.3 Å². The lowest BCUT2D eigenvalue weighted by Gasteiger charge is -2.18. The van der Waals surface area contributed by atoms with Gasteiger partial charge in [0.15, 0.2) is 0 Å². The molecule has 0 saturated carbocycles. The molecule has 0 radical (unpaired) electrons. The summed E-state index contributed by atoms with van der Waals surface area (Å²) in [6, 6.07) is 5.82. The molecule has 19 heavy (non-hydrogen) atoms. The molecule has 1 aromatic rings. The number of amides is 1. The van der Waals surface area contributed by atoms with Gasteiger partial charge in [0.2, 0.25) is 0 Å². The van der Waals surface area contributed by atoms with Crippen LogP contribution >= 0.6 is 0 Å². The van der Waals surface area contributed by atoms with Gasteiger partial charge in [-0.2, -0.15) is 0 Å². The van der Waals surface area contributed by atoms with Crippen LogP contribution in [0.15, 0.2) is 18.2 Å². The molecule has 1 saturated heterocycles. The molecule has 102 valence electrons. The van der Waals surface area contributed by atoms with Crippen LogP contribution in [0.25, 0.3) is 0 Å². The normalized spacial score (nSPS) is 18.5. The quantitative estimate of drug-likeness (QED) is 0.764. The Morgan fingerprint density at radius 1 is 1.26 bits per heavy atom. The Kier molecular flexibility index (Phi) is 3.88. The van der Waals surface area contributed by atoms with Crippen LogP contribution in [0.2, 0.25) is 0 Å². The van der Waals surface area contributed by atoms with Gasteiger partial charge >= 0.3 is 5.97 Å². The third-order valence-corrected chi connectivity index (χ3v) is 3.70. The van der Waals surface area contributed by atoms with E-state index in [2.05, 4.69) is 0 Å². The van der Waals surface area contributed by atoms with E-state index in [9.17, 15) is 9.59 Å². The number of likely N-dealkylation sites (tertiary alicyclic amines) is 1. The molecule has 1 amide bonds. The van der Waals surface area contributed by atoms with Crippen molar-refractivity contribution in [3.8, 4) is 0 Å². The zero-order valence-electron chi connectivity index (χ0n) is 11.6. The molecule has 0 N–H and O–H groups in total. The van der Waals surface area contributed by atoms with E-state index in [0.717, 1.165) is 16.7 Å². The number of carbonyl (C=O) groups is 2. The fraction of sp³-hybridized carbons (Fsp3) is 0.467. The van der Waals surface area contributed by atoms with Crippen molar-refractivity contribution in [2.75, 3.05) is 20.2 Å². The van der Waals surface area contributed by atoms with Crippen LogP contribution in [-0.4, -0.2) is 37.0 Å². The first-order valence-corrected chi connectivity index (χ1v) is 6.48. The van der Waals surface area contributed by atoms with E-state index < -0.39 is 0 Å². The number of nitrogens with zero attached hydrogens (tertiary/aromatic N) is 1. The van der Waals surface area contributed by atoms with Gasteiger partial charge in [-0.15, -0.1) is 0 Å². The van der Waals surface area contributed by atoms with Crippen molar-refractivity contribution in [3.05, 3.63) is 34.9 Å². The number of benzene rings is 1. The smallest absolute Gasteiger partial charge is 0.310 e. The molecule has 4 nitrogen and oxygen atoms in total. The Bertz CT molecular complexity index is 490. The van der Waals surface area contributed by atoms with Gasteiger partial charge in [0.1, 0.15) is 0 Å². The van der Waals surface area contributed by atoms with Gasteiger partial charge in [-0.25, -0.2) is 0 Å². The van der Waals surface area contributed by atoms with Crippen LogP contribution < -0.4 is 0 Å². The fourth-order valence-electron chi connectivity index (χ4n) is 2.61. The second kappa shape index (κ2) is 5.43. The van der Waals surface area contributed by atoms with E-state index >= 15 is 0 Å². The number of ether oxygens (including phenoxy) is 1. The van der Waals surface area contributed by atoms with Crippen LogP contribution in [0.1, 0.15) is 27.9 Å². The first kappa shape index (κ1) is 13.6. The summed E-state index contributed by atoms with van der Waals surface area (Å²) in [6.07, 6.45) is 0.684. The second-order valence-electron chi connectivity index (χ2n) is 5.03. The minimum absolute atomic E-state index is 0.0157. The van der Waals surface area contributed by atoms with E-state index in [1.165, 1.54) is 7.11 Å². The van der Waals surface area contributed by atoms with Crippen LogP contribution in [0.4, 0.5) is 0 Å². The van der Waals surface area contributed by atoms with Crippen molar-refractivity contribution in [1.29, 1.82) is 0 Å². The predicted octanol–water partition coefficient (Wildman–Crippen LogP) is 1.94. The van der Waals surface area contributed by atoms with Crippen molar-refractivity contribution >= 4 is 11.9 Å². The molecule has 0 aliphatic carbocycles. The number of hydrogen-bond donors (Lipinski definition) is 0. The lowest BCUT2D eigenvalue weighted by atomic mass is 10.0. The highest BCUT2D eigenvalue weighted by molar-refractivity contribution is 5.97. The summed E-state index contributed by atoms with van der Waals surface area (Å²) in [6.45, 7) is 4.95. The predicted molar refractivity (Wildman–Crippen MR) is 71.9 cm³/mol. The Morgan fingerprint density at radius 2 is 1.89 bits per heavy atom.